The van der Waals surface area contributed by atoms with E-state index in [0.29, 0.717) is 6.54 Å². The molecule has 2 N–H and O–H groups in total. The Bertz CT molecular complexity index is 194. The van der Waals surface area contributed by atoms with Gasteiger partial charge < -0.3 is 15.1 Å². The van der Waals surface area contributed by atoms with Crippen LogP contribution in [0.15, 0.2) is 0 Å². The molecule has 1 amide bonds. The Balaban J connectivity index is 2.01. The van der Waals surface area contributed by atoms with E-state index in [9.17, 15) is 9.90 Å². The SMILES string of the molecule is O=C(O)N1CC2C(O)CCC21. The summed E-state index contributed by atoms with van der Waals surface area (Å²) in [5.41, 5.74) is 0. The molecular weight excluding hydrogens is 146 g/mol. The van der Waals surface area contributed by atoms with Crippen LogP contribution in [-0.2, 0) is 0 Å². The Morgan fingerprint density at radius 2 is 2.18 bits per heavy atom. The molecule has 0 aromatic rings. The molecule has 1 aliphatic heterocycles. The first-order chi connectivity index (χ1) is 5.20. The fraction of sp³-hybridized carbons (Fsp3) is 0.857. The summed E-state index contributed by atoms with van der Waals surface area (Å²) in [6.07, 6.45) is 0.494. The van der Waals surface area contributed by atoms with E-state index < -0.39 is 6.09 Å². The van der Waals surface area contributed by atoms with Crippen LogP contribution >= 0.6 is 0 Å². The highest BCUT2D eigenvalue weighted by atomic mass is 16.4. The number of nitrogens with zero attached hydrogens (tertiary/aromatic N) is 1. The second-order valence-corrected chi connectivity index (χ2v) is 3.31. The van der Waals surface area contributed by atoms with Gasteiger partial charge in [0, 0.05) is 18.5 Å². The third kappa shape index (κ3) is 0.822. The van der Waals surface area contributed by atoms with Crippen molar-refractivity contribution >= 4 is 6.09 Å². The second kappa shape index (κ2) is 2.11. The van der Waals surface area contributed by atoms with Crippen molar-refractivity contribution in [2.24, 2.45) is 5.92 Å². The normalized spacial score (nSPS) is 41.5. The second-order valence-electron chi connectivity index (χ2n) is 3.31. The fourth-order valence-electron chi connectivity index (χ4n) is 2.10. The zero-order valence-corrected chi connectivity index (χ0v) is 6.10. The predicted molar refractivity (Wildman–Crippen MR) is 37.2 cm³/mol. The van der Waals surface area contributed by atoms with Gasteiger partial charge in [0.2, 0.25) is 0 Å². The van der Waals surface area contributed by atoms with Gasteiger partial charge in [0.05, 0.1) is 6.10 Å². The first kappa shape index (κ1) is 6.91. The van der Waals surface area contributed by atoms with Crippen LogP contribution in [0.5, 0.6) is 0 Å². The van der Waals surface area contributed by atoms with Gasteiger partial charge in [-0.15, -0.1) is 0 Å². The molecule has 1 heterocycles. The summed E-state index contributed by atoms with van der Waals surface area (Å²) in [5.74, 6) is 0.228. The van der Waals surface area contributed by atoms with Crippen molar-refractivity contribution in [1.82, 2.24) is 4.90 Å². The van der Waals surface area contributed by atoms with Crippen molar-refractivity contribution < 1.29 is 15.0 Å². The Hall–Kier alpha value is -0.770. The molecule has 3 atom stereocenters. The molecule has 0 bridgehead atoms. The molecule has 1 aliphatic carbocycles. The molecule has 62 valence electrons. The van der Waals surface area contributed by atoms with E-state index in [1.165, 1.54) is 4.90 Å². The first-order valence-corrected chi connectivity index (χ1v) is 3.88. The number of aliphatic hydroxyl groups is 1. The van der Waals surface area contributed by atoms with Crippen molar-refractivity contribution in [3.05, 3.63) is 0 Å². The minimum atomic E-state index is -0.847. The number of fused-ring (bicyclic) bond motifs is 1. The van der Waals surface area contributed by atoms with Crippen molar-refractivity contribution in [1.29, 1.82) is 0 Å². The zero-order chi connectivity index (χ0) is 8.01. The number of carboxylic acid groups (broad SMARTS) is 1. The average molecular weight is 157 g/mol. The molecule has 0 spiro atoms. The summed E-state index contributed by atoms with van der Waals surface area (Å²) in [6, 6.07) is 0.113. The molecule has 0 aromatic carbocycles. The molecule has 2 aliphatic rings. The van der Waals surface area contributed by atoms with Crippen LogP contribution in [0.1, 0.15) is 12.8 Å². The van der Waals surface area contributed by atoms with E-state index in [2.05, 4.69) is 0 Å². The number of amides is 1. The highest BCUT2D eigenvalue weighted by Gasteiger charge is 2.49. The molecule has 1 saturated carbocycles. The number of rotatable bonds is 0. The van der Waals surface area contributed by atoms with Crippen LogP contribution in [0.4, 0.5) is 4.79 Å². The van der Waals surface area contributed by atoms with Gasteiger partial charge in [-0.25, -0.2) is 4.79 Å². The summed E-state index contributed by atoms with van der Waals surface area (Å²) in [7, 11) is 0. The molecule has 2 rings (SSSR count). The molecule has 11 heavy (non-hydrogen) atoms. The van der Waals surface area contributed by atoms with Crippen molar-refractivity contribution in [2.45, 2.75) is 25.0 Å². The van der Waals surface area contributed by atoms with Gasteiger partial charge >= 0.3 is 6.09 Å². The minimum Gasteiger partial charge on any atom is -0.465 e. The van der Waals surface area contributed by atoms with E-state index in [1.54, 1.807) is 0 Å². The van der Waals surface area contributed by atoms with Gasteiger partial charge in [-0.2, -0.15) is 0 Å². The lowest BCUT2D eigenvalue weighted by Crippen LogP contribution is -2.58. The maximum Gasteiger partial charge on any atom is 0.407 e. The van der Waals surface area contributed by atoms with Crippen LogP contribution in [-0.4, -0.2) is 39.9 Å². The molecule has 2 fully saturated rings. The quantitative estimate of drug-likeness (QED) is 0.525. The molecule has 3 unspecified atom stereocenters. The molecule has 1 saturated heterocycles. The van der Waals surface area contributed by atoms with Crippen molar-refractivity contribution in [3.63, 3.8) is 0 Å². The maximum atomic E-state index is 10.5. The first-order valence-electron chi connectivity index (χ1n) is 3.88. The monoisotopic (exact) mass is 157 g/mol. The summed E-state index contributed by atoms with van der Waals surface area (Å²) in [5, 5.41) is 17.9. The summed E-state index contributed by atoms with van der Waals surface area (Å²) < 4.78 is 0. The van der Waals surface area contributed by atoms with Crippen LogP contribution < -0.4 is 0 Å². The Morgan fingerprint density at radius 1 is 1.45 bits per heavy atom. The molecule has 0 radical (unpaired) electrons. The van der Waals surface area contributed by atoms with Gasteiger partial charge in [0.1, 0.15) is 0 Å². The van der Waals surface area contributed by atoms with Crippen LogP contribution in [0.3, 0.4) is 0 Å². The highest BCUT2D eigenvalue weighted by Crippen LogP contribution is 2.38. The summed E-state index contributed by atoms with van der Waals surface area (Å²) in [6.45, 7) is 0.529. The van der Waals surface area contributed by atoms with Gasteiger partial charge in [0.25, 0.3) is 0 Å². The number of aliphatic hydroxyl groups excluding tert-OH is 1. The third-order valence-electron chi connectivity index (χ3n) is 2.80. The van der Waals surface area contributed by atoms with E-state index in [0.717, 1.165) is 12.8 Å². The van der Waals surface area contributed by atoms with E-state index in [-0.39, 0.29) is 18.1 Å². The topological polar surface area (TPSA) is 60.8 Å². The van der Waals surface area contributed by atoms with E-state index >= 15 is 0 Å². The lowest BCUT2D eigenvalue weighted by atomic mass is 9.91. The zero-order valence-electron chi connectivity index (χ0n) is 6.10. The minimum absolute atomic E-state index is 0.113. The number of likely N-dealkylation sites (tertiary alicyclic amines) is 1. The smallest absolute Gasteiger partial charge is 0.407 e. The maximum absolute atomic E-state index is 10.5. The lowest BCUT2D eigenvalue weighted by Gasteiger charge is -2.43. The summed E-state index contributed by atoms with van der Waals surface area (Å²) in [4.78, 5) is 11.9. The van der Waals surface area contributed by atoms with Gasteiger partial charge in [-0.1, -0.05) is 0 Å². The average Bonchev–Trinajstić information content (AvgIpc) is 2.06. The van der Waals surface area contributed by atoms with Gasteiger partial charge in [-0.05, 0) is 12.8 Å². The highest BCUT2D eigenvalue weighted by molar-refractivity contribution is 5.67. The Kier molecular flexibility index (Phi) is 1.32. The standard InChI is InChI=1S/C7H11NO3/c9-6-2-1-5-4(6)3-8(5)7(10)11/h4-6,9H,1-3H2,(H,10,11). The number of hydrogen-bond donors (Lipinski definition) is 2. The van der Waals surface area contributed by atoms with Gasteiger partial charge in [0.15, 0.2) is 0 Å². The third-order valence-corrected chi connectivity index (χ3v) is 2.80. The molecule has 0 aromatic heterocycles. The number of carbonyl (C=O) groups is 1. The number of hydrogen-bond acceptors (Lipinski definition) is 2. The van der Waals surface area contributed by atoms with E-state index in [1.807, 2.05) is 0 Å². The largest absolute Gasteiger partial charge is 0.465 e. The van der Waals surface area contributed by atoms with Crippen molar-refractivity contribution in [2.75, 3.05) is 6.54 Å². The van der Waals surface area contributed by atoms with Crippen LogP contribution in [0.25, 0.3) is 0 Å². The predicted octanol–water partition coefficient (Wildman–Crippen LogP) is 0.120. The Labute approximate surface area is 64.4 Å². The lowest BCUT2D eigenvalue weighted by molar-refractivity contribution is -0.00516. The Morgan fingerprint density at radius 3 is 2.73 bits per heavy atom. The fourth-order valence-corrected chi connectivity index (χ4v) is 2.10. The summed E-state index contributed by atoms with van der Waals surface area (Å²) >= 11 is 0. The molecule has 4 nitrogen and oxygen atoms in total. The molecular formula is C7H11NO3. The van der Waals surface area contributed by atoms with Crippen LogP contribution in [0.2, 0.25) is 0 Å². The van der Waals surface area contributed by atoms with Crippen LogP contribution in [0, 0.1) is 5.92 Å². The van der Waals surface area contributed by atoms with Gasteiger partial charge in [-0.3, -0.25) is 0 Å². The van der Waals surface area contributed by atoms with E-state index in [4.69, 9.17) is 5.11 Å². The van der Waals surface area contributed by atoms with Crippen molar-refractivity contribution in [3.8, 4) is 0 Å². The molecule has 4 heteroatoms.